The lowest BCUT2D eigenvalue weighted by Crippen LogP contribution is -2.05. The van der Waals surface area contributed by atoms with E-state index >= 15 is 0 Å². The van der Waals surface area contributed by atoms with Crippen molar-refractivity contribution in [1.29, 1.82) is 10.5 Å². The maximum Gasteiger partial charge on any atom is 0.187 e. The van der Waals surface area contributed by atoms with Crippen LogP contribution in [0.25, 0.3) is 93.2 Å². The topological polar surface area (TPSA) is 61.8 Å². The Labute approximate surface area is 329 Å². The van der Waals surface area contributed by atoms with E-state index in [9.17, 15) is 10.5 Å². The lowest BCUT2D eigenvalue weighted by molar-refractivity contribution is 1.10. The average Bonchev–Trinajstić information content (AvgIpc) is 3.78. The van der Waals surface area contributed by atoms with E-state index in [0.717, 1.165) is 93.9 Å². The second kappa shape index (κ2) is 13.3. The Kier molecular flexibility index (Phi) is 7.79. The molecule has 0 atom stereocenters. The minimum Gasteiger partial charge on any atom is -0.309 e. The van der Waals surface area contributed by atoms with Gasteiger partial charge in [-0.05, 0) is 113 Å². The molecule has 264 valence electrons. The third-order valence-corrected chi connectivity index (χ3v) is 11.1. The molecule has 0 fully saturated rings. The fourth-order valence-corrected chi connectivity index (χ4v) is 8.54. The number of nitrogens with zero attached hydrogens (tertiary/aromatic N) is 5. The fraction of sp³-hybridized carbons (Fsp3) is 0.0192. The first-order chi connectivity index (χ1) is 28.0. The van der Waals surface area contributed by atoms with Crippen LogP contribution in [0.3, 0.4) is 0 Å². The second-order valence-electron chi connectivity index (χ2n) is 14.3. The number of para-hydroxylation sites is 2. The van der Waals surface area contributed by atoms with Crippen LogP contribution >= 0.6 is 0 Å². The SMILES string of the molecule is [C-]#[N+]c1cccc(-c2ccc3c(c2)c2ccccc2n3-c2ccc(-c3cccc(C#N)c3)c(-n3c4ccccc4c4cc(-c5cccc(C#N)c5)ccc43)c2C)c1. The molecule has 0 radical (unpaired) electrons. The molecule has 0 amide bonds. The van der Waals surface area contributed by atoms with Gasteiger partial charge < -0.3 is 9.13 Å². The molecule has 0 saturated heterocycles. The van der Waals surface area contributed by atoms with Gasteiger partial charge in [-0.3, -0.25) is 0 Å². The molecule has 2 aromatic heterocycles. The van der Waals surface area contributed by atoms with E-state index in [1.807, 2.05) is 60.7 Å². The zero-order valence-corrected chi connectivity index (χ0v) is 30.9. The first-order valence-corrected chi connectivity index (χ1v) is 18.7. The summed E-state index contributed by atoms with van der Waals surface area (Å²) in [7, 11) is 0. The summed E-state index contributed by atoms with van der Waals surface area (Å²) < 4.78 is 4.75. The molecule has 0 aliphatic carbocycles. The molecule has 0 aliphatic rings. The number of hydrogen-bond donors (Lipinski definition) is 0. The quantitative estimate of drug-likeness (QED) is 0.166. The summed E-state index contributed by atoms with van der Waals surface area (Å²) in [6.07, 6.45) is 0. The van der Waals surface area contributed by atoms with E-state index in [4.69, 9.17) is 6.57 Å². The van der Waals surface area contributed by atoms with Crippen LogP contribution in [0.15, 0.2) is 170 Å². The Morgan fingerprint density at radius 1 is 0.456 bits per heavy atom. The molecule has 57 heavy (non-hydrogen) atoms. The van der Waals surface area contributed by atoms with Crippen molar-refractivity contribution in [3.05, 3.63) is 198 Å². The van der Waals surface area contributed by atoms with E-state index < -0.39 is 0 Å². The van der Waals surface area contributed by atoms with Crippen molar-refractivity contribution in [1.82, 2.24) is 9.13 Å². The summed E-state index contributed by atoms with van der Waals surface area (Å²) >= 11 is 0. The molecule has 0 saturated carbocycles. The van der Waals surface area contributed by atoms with Crippen molar-refractivity contribution in [2.24, 2.45) is 0 Å². The van der Waals surface area contributed by atoms with E-state index in [0.29, 0.717) is 16.8 Å². The zero-order chi connectivity index (χ0) is 38.6. The first-order valence-electron chi connectivity index (χ1n) is 18.7. The van der Waals surface area contributed by atoms with Crippen LogP contribution in [-0.2, 0) is 0 Å². The zero-order valence-electron chi connectivity index (χ0n) is 30.9. The lowest BCUT2D eigenvalue weighted by atomic mass is 9.97. The van der Waals surface area contributed by atoms with Crippen LogP contribution in [0, 0.1) is 36.2 Å². The van der Waals surface area contributed by atoms with Crippen LogP contribution in [-0.4, -0.2) is 9.13 Å². The molecule has 0 bridgehead atoms. The summed E-state index contributed by atoms with van der Waals surface area (Å²) in [6, 6.07) is 62.6. The maximum absolute atomic E-state index is 9.95. The molecule has 0 unspecified atom stereocenters. The van der Waals surface area contributed by atoms with Crippen LogP contribution in [0.5, 0.6) is 0 Å². The largest absolute Gasteiger partial charge is 0.309 e. The van der Waals surface area contributed by atoms with Crippen molar-refractivity contribution in [2.45, 2.75) is 6.92 Å². The Morgan fingerprint density at radius 3 is 1.60 bits per heavy atom. The average molecular weight is 726 g/mol. The van der Waals surface area contributed by atoms with Gasteiger partial charge >= 0.3 is 0 Å². The number of fused-ring (bicyclic) bond motifs is 6. The highest BCUT2D eigenvalue weighted by molar-refractivity contribution is 6.12. The van der Waals surface area contributed by atoms with Gasteiger partial charge in [-0.15, -0.1) is 0 Å². The summed E-state index contributed by atoms with van der Waals surface area (Å²) in [4.78, 5) is 3.67. The van der Waals surface area contributed by atoms with Crippen molar-refractivity contribution in [3.8, 4) is 56.9 Å². The molecule has 2 heterocycles. The highest BCUT2D eigenvalue weighted by Crippen LogP contribution is 2.43. The summed E-state index contributed by atoms with van der Waals surface area (Å²) in [5.74, 6) is 0. The Bertz CT molecular complexity index is 3410. The minimum atomic E-state index is 0.603. The Hall–Kier alpha value is -8.17. The normalized spacial score (nSPS) is 11.2. The van der Waals surface area contributed by atoms with Gasteiger partial charge in [-0.1, -0.05) is 97.1 Å². The van der Waals surface area contributed by atoms with E-state index in [2.05, 4.69) is 142 Å². The standard InChI is InChI=1S/C52H31N5/c1-33-47(56-48-18-5-3-16-43(48)45-30-39(20-23-50(45)56)37-13-9-15-41(28-37)55-2)25-22-42(40-14-8-11-35(27-40)32-54)52(33)57-49-19-6-4-17-44(49)46-29-38(21-24-51(46)57)36-12-7-10-34(26-36)31-53/h3-30H,1H3. The summed E-state index contributed by atoms with van der Waals surface area (Å²) in [5, 5.41) is 24.1. The van der Waals surface area contributed by atoms with Crippen LogP contribution < -0.4 is 0 Å². The number of nitriles is 2. The van der Waals surface area contributed by atoms with E-state index in [1.165, 1.54) is 0 Å². The monoisotopic (exact) mass is 725 g/mol. The number of aromatic nitrogens is 2. The lowest BCUT2D eigenvalue weighted by Gasteiger charge is -2.21. The highest BCUT2D eigenvalue weighted by Gasteiger charge is 2.23. The van der Waals surface area contributed by atoms with Gasteiger partial charge in [-0.25, -0.2) is 4.85 Å². The van der Waals surface area contributed by atoms with Crippen molar-refractivity contribution >= 4 is 49.3 Å². The van der Waals surface area contributed by atoms with Crippen LogP contribution in [0.1, 0.15) is 16.7 Å². The number of benzene rings is 8. The highest BCUT2D eigenvalue weighted by atomic mass is 15.0. The van der Waals surface area contributed by atoms with Gasteiger partial charge in [0.25, 0.3) is 0 Å². The third-order valence-electron chi connectivity index (χ3n) is 11.1. The van der Waals surface area contributed by atoms with Crippen LogP contribution in [0.2, 0.25) is 0 Å². The summed E-state index contributed by atoms with van der Waals surface area (Å²) in [6.45, 7) is 9.77. The van der Waals surface area contributed by atoms with E-state index in [-0.39, 0.29) is 0 Å². The third kappa shape index (κ3) is 5.37. The smallest absolute Gasteiger partial charge is 0.187 e. The van der Waals surface area contributed by atoms with Gasteiger partial charge in [0.15, 0.2) is 5.69 Å². The molecule has 5 nitrogen and oxygen atoms in total. The van der Waals surface area contributed by atoms with Gasteiger partial charge in [0.1, 0.15) is 0 Å². The van der Waals surface area contributed by atoms with Gasteiger partial charge in [0.05, 0.1) is 63.3 Å². The van der Waals surface area contributed by atoms with Gasteiger partial charge in [-0.2, -0.15) is 10.5 Å². The number of rotatable bonds is 5. The molecule has 10 aromatic rings. The fourth-order valence-electron chi connectivity index (χ4n) is 8.54. The van der Waals surface area contributed by atoms with Crippen LogP contribution in [0.4, 0.5) is 5.69 Å². The predicted molar refractivity (Wildman–Crippen MR) is 232 cm³/mol. The molecule has 0 aliphatic heterocycles. The Balaban J connectivity index is 1.27. The Morgan fingerprint density at radius 2 is 0.965 bits per heavy atom. The number of hydrogen-bond acceptors (Lipinski definition) is 2. The molecule has 0 spiro atoms. The molecule has 5 heteroatoms. The van der Waals surface area contributed by atoms with Crippen molar-refractivity contribution < 1.29 is 0 Å². The van der Waals surface area contributed by atoms with Gasteiger partial charge in [0, 0.05) is 27.1 Å². The minimum absolute atomic E-state index is 0.603. The van der Waals surface area contributed by atoms with Gasteiger partial charge in [0.2, 0.25) is 0 Å². The molecular formula is C52H31N5. The second-order valence-corrected chi connectivity index (χ2v) is 14.3. The molecule has 0 N–H and O–H groups in total. The summed E-state index contributed by atoms with van der Waals surface area (Å²) in [5.41, 5.74) is 15.4. The van der Waals surface area contributed by atoms with Crippen molar-refractivity contribution in [3.63, 3.8) is 0 Å². The van der Waals surface area contributed by atoms with E-state index in [1.54, 1.807) is 0 Å². The molecular weight excluding hydrogens is 695 g/mol. The molecule has 10 rings (SSSR count). The maximum atomic E-state index is 9.95. The predicted octanol–water partition coefficient (Wildman–Crippen LogP) is 13.5. The first kappa shape index (κ1) is 33.4. The van der Waals surface area contributed by atoms with Crippen molar-refractivity contribution in [2.75, 3.05) is 0 Å². The molecule has 8 aromatic carbocycles.